The van der Waals surface area contributed by atoms with E-state index in [0.717, 1.165) is 12.4 Å². The standard InChI is InChI=1S/C6H4N2O6/c9-5(10)13-3-1-7-4(8-2-3)14-6(11)12/h1-2H,(H,9,10)(H,11,12). The molecule has 1 aromatic rings. The van der Waals surface area contributed by atoms with Crippen molar-refractivity contribution in [2.24, 2.45) is 0 Å². The van der Waals surface area contributed by atoms with Crippen LogP contribution in [0.2, 0.25) is 0 Å². The average molecular weight is 200 g/mol. The Morgan fingerprint density at radius 3 is 2.00 bits per heavy atom. The van der Waals surface area contributed by atoms with Gasteiger partial charge in [0.25, 0.3) is 0 Å². The minimum atomic E-state index is -1.56. The lowest BCUT2D eigenvalue weighted by Gasteiger charge is -1.99. The first-order chi connectivity index (χ1) is 6.58. The van der Waals surface area contributed by atoms with E-state index in [1.165, 1.54) is 0 Å². The van der Waals surface area contributed by atoms with Crippen LogP contribution in [-0.2, 0) is 0 Å². The molecule has 0 saturated carbocycles. The molecule has 14 heavy (non-hydrogen) atoms. The molecule has 0 bridgehead atoms. The predicted molar refractivity (Wildman–Crippen MR) is 39.3 cm³/mol. The Labute approximate surface area is 76.7 Å². The van der Waals surface area contributed by atoms with E-state index in [0.29, 0.717) is 0 Å². The molecular formula is C6H4N2O6. The molecule has 0 aromatic carbocycles. The SMILES string of the molecule is O=C(O)Oc1cnc(OC(=O)O)nc1. The van der Waals surface area contributed by atoms with Crippen LogP contribution in [0.15, 0.2) is 12.4 Å². The lowest BCUT2D eigenvalue weighted by molar-refractivity contribution is 0.137. The number of nitrogens with zero attached hydrogens (tertiary/aromatic N) is 2. The Balaban J connectivity index is 2.68. The van der Waals surface area contributed by atoms with E-state index in [2.05, 4.69) is 19.4 Å². The van der Waals surface area contributed by atoms with Crippen molar-refractivity contribution in [1.29, 1.82) is 0 Å². The lowest BCUT2D eigenvalue weighted by Crippen LogP contribution is -2.07. The van der Waals surface area contributed by atoms with Crippen LogP contribution in [0.5, 0.6) is 11.8 Å². The maximum absolute atomic E-state index is 10.0. The van der Waals surface area contributed by atoms with E-state index in [-0.39, 0.29) is 5.75 Å². The fourth-order valence-corrected chi connectivity index (χ4v) is 0.589. The number of aromatic nitrogens is 2. The third-order valence-electron chi connectivity index (χ3n) is 0.988. The van der Waals surface area contributed by atoms with Gasteiger partial charge in [0, 0.05) is 0 Å². The highest BCUT2D eigenvalue weighted by atomic mass is 16.7. The van der Waals surface area contributed by atoms with Crippen molar-refractivity contribution in [3.05, 3.63) is 12.4 Å². The summed E-state index contributed by atoms with van der Waals surface area (Å²) in [4.78, 5) is 26.8. The molecule has 1 aromatic heterocycles. The third kappa shape index (κ3) is 2.93. The molecule has 0 unspecified atom stereocenters. The van der Waals surface area contributed by atoms with E-state index in [1.54, 1.807) is 0 Å². The topological polar surface area (TPSA) is 119 Å². The number of ether oxygens (including phenoxy) is 2. The van der Waals surface area contributed by atoms with E-state index >= 15 is 0 Å². The highest BCUT2D eigenvalue weighted by molar-refractivity contribution is 5.61. The van der Waals surface area contributed by atoms with Gasteiger partial charge in [-0.15, -0.1) is 0 Å². The molecule has 0 radical (unpaired) electrons. The van der Waals surface area contributed by atoms with Gasteiger partial charge in [-0.2, -0.15) is 9.97 Å². The first-order valence-electron chi connectivity index (χ1n) is 3.21. The minimum absolute atomic E-state index is 0.129. The maximum Gasteiger partial charge on any atom is 0.513 e. The summed E-state index contributed by atoms with van der Waals surface area (Å²) < 4.78 is 8.23. The molecule has 8 heteroatoms. The summed E-state index contributed by atoms with van der Waals surface area (Å²) in [7, 11) is 0. The van der Waals surface area contributed by atoms with Gasteiger partial charge in [-0.05, 0) is 0 Å². The molecule has 0 amide bonds. The van der Waals surface area contributed by atoms with Gasteiger partial charge in [-0.25, -0.2) is 9.59 Å². The quantitative estimate of drug-likeness (QED) is 0.665. The van der Waals surface area contributed by atoms with Crippen LogP contribution in [0.1, 0.15) is 0 Å². The van der Waals surface area contributed by atoms with Crippen LogP contribution in [0.4, 0.5) is 9.59 Å². The van der Waals surface area contributed by atoms with Crippen LogP contribution >= 0.6 is 0 Å². The second kappa shape index (κ2) is 4.03. The second-order valence-electron chi connectivity index (χ2n) is 1.94. The van der Waals surface area contributed by atoms with Gasteiger partial charge >= 0.3 is 18.3 Å². The third-order valence-corrected chi connectivity index (χ3v) is 0.988. The first-order valence-corrected chi connectivity index (χ1v) is 3.21. The highest BCUT2D eigenvalue weighted by Gasteiger charge is 2.05. The zero-order valence-electron chi connectivity index (χ0n) is 6.58. The molecule has 74 valence electrons. The van der Waals surface area contributed by atoms with Gasteiger partial charge < -0.3 is 19.7 Å². The summed E-state index contributed by atoms with van der Waals surface area (Å²) in [6.45, 7) is 0. The molecule has 0 aliphatic rings. The van der Waals surface area contributed by atoms with Gasteiger partial charge in [-0.3, -0.25) is 0 Å². The Morgan fingerprint density at radius 1 is 1.07 bits per heavy atom. The van der Waals surface area contributed by atoms with E-state index in [9.17, 15) is 9.59 Å². The number of hydrogen-bond acceptors (Lipinski definition) is 6. The molecule has 2 N–H and O–H groups in total. The summed E-state index contributed by atoms with van der Waals surface area (Å²) in [6, 6.07) is -0.407. The maximum atomic E-state index is 10.0. The summed E-state index contributed by atoms with van der Waals surface area (Å²) in [5, 5.41) is 16.3. The second-order valence-corrected chi connectivity index (χ2v) is 1.94. The van der Waals surface area contributed by atoms with Crippen molar-refractivity contribution in [1.82, 2.24) is 9.97 Å². The van der Waals surface area contributed by atoms with Gasteiger partial charge in [0.1, 0.15) is 0 Å². The van der Waals surface area contributed by atoms with Crippen LogP contribution in [0, 0.1) is 0 Å². The Bertz CT molecular complexity index is 313. The Kier molecular flexibility index (Phi) is 2.79. The number of carboxylic acid groups (broad SMARTS) is 2. The van der Waals surface area contributed by atoms with Gasteiger partial charge in [0.05, 0.1) is 12.4 Å². The molecule has 0 aliphatic carbocycles. The van der Waals surface area contributed by atoms with Gasteiger partial charge in [-0.1, -0.05) is 0 Å². The van der Waals surface area contributed by atoms with E-state index in [4.69, 9.17) is 10.2 Å². The van der Waals surface area contributed by atoms with Crippen molar-refractivity contribution >= 4 is 12.3 Å². The molecule has 0 spiro atoms. The van der Waals surface area contributed by atoms with Crippen LogP contribution in [0.25, 0.3) is 0 Å². The molecular weight excluding hydrogens is 196 g/mol. The molecule has 8 nitrogen and oxygen atoms in total. The van der Waals surface area contributed by atoms with Crippen molar-refractivity contribution in [2.75, 3.05) is 0 Å². The molecule has 0 fully saturated rings. The van der Waals surface area contributed by atoms with Gasteiger partial charge in [0.2, 0.25) is 0 Å². The normalized spacial score (nSPS) is 9.14. The van der Waals surface area contributed by atoms with Crippen LogP contribution in [-0.4, -0.2) is 32.5 Å². The fraction of sp³-hybridized carbons (Fsp3) is 0. The van der Waals surface area contributed by atoms with E-state index in [1.807, 2.05) is 0 Å². The van der Waals surface area contributed by atoms with E-state index < -0.39 is 18.3 Å². The van der Waals surface area contributed by atoms with Crippen molar-refractivity contribution in [2.45, 2.75) is 0 Å². The summed E-state index contributed by atoms with van der Waals surface area (Å²) in [5.41, 5.74) is 0. The smallest absolute Gasteiger partial charge is 0.449 e. The fourth-order valence-electron chi connectivity index (χ4n) is 0.589. The Hall–Kier alpha value is -2.38. The number of rotatable bonds is 2. The largest absolute Gasteiger partial charge is 0.513 e. The summed E-state index contributed by atoms with van der Waals surface area (Å²) >= 11 is 0. The molecule has 0 atom stereocenters. The number of carbonyl (C=O) groups is 2. The summed E-state index contributed by atoms with van der Waals surface area (Å²) in [5.74, 6) is -0.129. The minimum Gasteiger partial charge on any atom is -0.449 e. The number of hydrogen-bond donors (Lipinski definition) is 2. The molecule has 1 rings (SSSR count). The first kappa shape index (κ1) is 9.71. The predicted octanol–water partition coefficient (Wildman–Crippen LogP) is 0.590. The Morgan fingerprint density at radius 2 is 1.57 bits per heavy atom. The zero-order chi connectivity index (χ0) is 10.6. The van der Waals surface area contributed by atoms with Crippen molar-refractivity contribution in [3.8, 4) is 11.8 Å². The zero-order valence-corrected chi connectivity index (χ0v) is 6.58. The van der Waals surface area contributed by atoms with Gasteiger partial charge in [0.15, 0.2) is 5.75 Å². The average Bonchev–Trinajstić information content (AvgIpc) is 2.06. The molecule has 0 saturated heterocycles. The monoisotopic (exact) mass is 200 g/mol. The lowest BCUT2D eigenvalue weighted by atomic mass is 10.6. The molecule has 1 heterocycles. The molecule has 0 aliphatic heterocycles. The van der Waals surface area contributed by atoms with Crippen molar-refractivity contribution < 1.29 is 29.3 Å². The summed E-state index contributed by atoms with van der Waals surface area (Å²) in [6.07, 6.45) is -1.13. The highest BCUT2D eigenvalue weighted by Crippen LogP contribution is 2.09. The van der Waals surface area contributed by atoms with Crippen LogP contribution < -0.4 is 9.47 Å². The van der Waals surface area contributed by atoms with Crippen LogP contribution in [0.3, 0.4) is 0 Å². The van der Waals surface area contributed by atoms with Crippen molar-refractivity contribution in [3.63, 3.8) is 0 Å².